The summed E-state index contributed by atoms with van der Waals surface area (Å²) in [5, 5.41) is 6.54. The average Bonchev–Trinajstić information content (AvgIpc) is 2.60. The predicted octanol–water partition coefficient (Wildman–Crippen LogP) is 4.94. The maximum absolute atomic E-state index is 13.7. The third-order valence-electron chi connectivity index (χ3n) is 4.36. The first-order valence-electron chi connectivity index (χ1n) is 8.69. The van der Waals surface area contributed by atoms with Gasteiger partial charge in [-0.3, -0.25) is 0 Å². The van der Waals surface area contributed by atoms with Crippen LogP contribution in [0.15, 0.2) is 48.5 Å². The highest BCUT2D eigenvalue weighted by Crippen LogP contribution is 2.22. The van der Waals surface area contributed by atoms with E-state index in [-0.39, 0.29) is 5.82 Å². The Kier molecular flexibility index (Phi) is 5.46. The predicted molar refractivity (Wildman–Crippen MR) is 105 cm³/mol. The van der Waals surface area contributed by atoms with E-state index in [4.69, 9.17) is 0 Å². The van der Waals surface area contributed by atoms with Crippen molar-refractivity contribution in [3.63, 3.8) is 0 Å². The lowest BCUT2D eigenvalue weighted by Crippen LogP contribution is -2.10. The highest BCUT2D eigenvalue weighted by atomic mass is 19.1. The van der Waals surface area contributed by atoms with Gasteiger partial charge < -0.3 is 10.6 Å². The van der Waals surface area contributed by atoms with E-state index in [9.17, 15) is 4.39 Å². The summed E-state index contributed by atoms with van der Waals surface area (Å²) in [6.45, 7) is 6.66. The van der Waals surface area contributed by atoms with E-state index in [0.29, 0.717) is 24.5 Å². The largest absolute Gasteiger partial charge is 0.354 e. The molecule has 0 unspecified atom stereocenters. The van der Waals surface area contributed by atoms with E-state index >= 15 is 0 Å². The molecule has 0 bridgehead atoms. The summed E-state index contributed by atoms with van der Waals surface area (Å²) in [5.74, 6) is 1.09. The molecule has 0 aliphatic rings. The topological polar surface area (TPSA) is 49.8 Å². The second kappa shape index (κ2) is 7.95. The number of halogens is 1. The summed E-state index contributed by atoms with van der Waals surface area (Å²) in [4.78, 5) is 8.94. The number of hydrogen-bond acceptors (Lipinski definition) is 4. The Morgan fingerprint density at radius 1 is 0.962 bits per heavy atom. The Hall–Kier alpha value is -2.95. The second-order valence-corrected chi connectivity index (χ2v) is 6.36. The van der Waals surface area contributed by atoms with Gasteiger partial charge in [0.05, 0.1) is 0 Å². The van der Waals surface area contributed by atoms with Crippen LogP contribution < -0.4 is 10.6 Å². The molecule has 3 aromatic rings. The van der Waals surface area contributed by atoms with Crippen LogP contribution in [0.3, 0.4) is 0 Å². The van der Waals surface area contributed by atoms with Crippen molar-refractivity contribution in [1.29, 1.82) is 0 Å². The minimum Gasteiger partial charge on any atom is -0.354 e. The fourth-order valence-corrected chi connectivity index (χ4v) is 2.75. The lowest BCUT2D eigenvalue weighted by atomic mass is 10.1. The molecule has 0 spiro atoms. The van der Waals surface area contributed by atoms with Crippen molar-refractivity contribution in [2.24, 2.45) is 0 Å². The maximum Gasteiger partial charge on any atom is 0.224 e. The molecule has 1 heterocycles. The number of aryl methyl sites for hydroxylation is 2. The molecular weight excluding hydrogens is 327 g/mol. The van der Waals surface area contributed by atoms with Crippen LogP contribution in [0.25, 0.3) is 0 Å². The minimum atomic E-state index is -0.184. The third kappa shape index (κ3) is 4.36. The number of rotatable bonds is 6. The number of nitrogens with zero attached hydrogens (tertiary/aromatic N) is 2. The van der Waals surface area contributed by atoms with E-state index in [2.05, 4.69) is 40.5 Å². The molecule has 0 aliphatic carbocycles. The van der Waals surface area contributed by atoms with Gasteiger partial charge in [0.1, 0.15) is 11.6 Å². The fourth-order valence-electron chi connectivity index (χ4n) is 2.75. The number of hydrogen-bond donors (Lipinski definition) is 2. The molecule has 3 rings (SSSR count). The first-order chi connectivity index (χ1) is 12.5. The van der Waals surface area contributed by atoms with Crippen molar-refractivity contribution in [2.45, 2.75) is 27.2 Å². The molecule has 5 heteroatoms. The lowest BCUT2D eigenvalue weighted by Gasteiger charge is -2.13. The SMILES string of the molecule is Cc1cc(Nc2cccc(C)c2C)nc(NCCc2ccccc2F)n1. The van der Waals surface area contributed by atoms with Gasteiger partial charge in [0.2, 0.25) is 5.95 Å². The van der Waals surface area contributed by atoms with Crippen LogP contribution in [0.2, 0.25) is 0 Å². The molecule has 0 amide bonds. The second-order valence-electron chi connectivity index (χ2n) is 6.36. The van der Waals surface area contributed by atoms with Gasteiger partial charge in [-0.15, -0.1) is 0 Å². The summed E-state index contributed by atoms with van der Waals surface area (Å²) >= 11 is 0. The third-order valence-corrected chi connectivity index (χ3v) is 4.36. The first kappa shape index (κ1) is 17.9. The van der Waals surface area contributed by atoms with Crippen molar-refractivity contribution >= 4 is 17.5 Å². The van der Waals surface area contributed by atoms with Gasteiger partial charge in [0.15, 0.2) is 0 Å². The van der Waals surface area contributed by atoms with E-state index in [0.717, 1.165) is 17.2 Å². The summed E-state index contributed by atoms with van der Waals surface area (Å²) in [5.41, 5.74) is 4.99. The highest BCUT2D eigenvalue weighted by molar-refractivity contribution is 5.62. The zero-order valence-electron chi connectivity index (χ0n) is 15.3. The van der Waals surface area contributed by atoms with Gasteiger partial charge in [-0.1, -0.05) is 30.3 Å². The van der Waals surface area contributed by atoms with Gasteiger partial charge in [0, 0.05) is 24.0 Å². The molecule has 4 nitrogen and oxygen atoms in total. The van der Waals surface area contributed by atoms with E-state index in [1.54, 1.807) is 12.1 Å². The molecular formula is C21H23FN4. The molecule has 0 fully saturated rings. The molecule has 26 heavy (non-hydrogen) atoms. The summed E-state index contributed by atoms with van der Waals surface area (Å²) in [7, 11) is 0. The van der Waals surface area contributed by atoms with Gasteiger partial charge >= 0.3 is 0 Å². The first-order valence-corrected chi connectivity index (χ1v) is 8.69. The summed E-state index contributed by atoms with van der Waals surface area (Å²) in [6, 6.07) is 14.9. The van der Waals surface area contributed by atoms with Crippen LogP contribution in [0.4, 0.5) is 21.8 Å². The Labute approximate surface area is 153 Å². The van der Waals surface area contributed by atoms with Gasteiger partial charge in [0.25, 0.3) is 0 Å². The van der Waals surface area contributed by atoms with Crippen molar-refractivity contribution in [1.82, 2.24) is 9.97 Å². The summed E-state index contributed by atoms with van der Waals surface area (Å²) in [6.07, 6.45) is 0.573. The van der Waals surface area contributed by atoms with Gasteiger partial charge in [-0.25, -0.2) is 9.37 Å². The number of anilines is 3. The van der Waals surface area contributed by atoms with E-state index < -0.39 is 0 Å². The van der Waals surface area contributed by atoms with Crippen LogP contribution in [0, 0.1) is 26.6 Å². The van der Waals surface area contributed by atoms with Crippen LogP contribution in [0.1, 0.15) is 22.4 Å². The van der Waals surface area contributed by atoms with E-state index in [1.807, 2.05) is 31.2 Å². The van der Waals surface area contributed by atoms with Crippen LogP contribution in [0.5, 0.6) is 0 Å². The Morgan fingerprint density at radius 2 is 1.77 bits per heavy atom. The zero-order chi connectivity index (χ0) is 18.5. The quantitative estimate of drug-likeness (QED) is 0.661. The highest BCUT2D eigenvalue weighted by Gasteiger charge is 2.06. The molecule has 134 valence electrons. The Balaban J connectivity index is 1.69. The van der Waals surface area contributed by atoms with Crippen molar-refractivity contribution in [3.05, 3.63) is 76.7 Å². The van der Waals surface area contributed by atoms with Crippen LogP contribution in [-0.4, -0.2) is 16.5 Å². The standard InChI is InChI=1S/C21H23FN4/c1-14-7-6-10-19(16(14)3)25-20-13-15(2)24-21(26-20)23-12-11-17-8-4-5-9-18(17)22/h4-10,13H,11-12H2,1-3H3,(H2,23,24,25,26). The van der Waals surface area contributed by atoms with Crippen LogP contribution in [-0.2, 0) is 6.42 Å². The van der Waals surface area contributed by atoms with E-state index in [1.165, 1.54) is 17.2 Å². The molecule has 0 radical (unpaired) electrons. The Bertz CT molecular complexity index is 908. The molecule has 1 aromatic heterocycles. The van der Waals surface area contributed by atoms with Gasteiger partial charge in [-0.2, -0.15) is 4.98 Å². The number of nitrogens with one attached hydrogen (secondary N) is 2. The monoisotopic (exact) mass is 350 g/mol. The average molecular weight is 350 g/mol. The smallest absolute Gasteiger partial charge is 0.224 e. The number of benzene rings is 2. The molecule has 0 atom stereocenters. The fraction of sp³-hybridized carbons (Fsp3) is 0.238. The molecule has 2 N–H and O–H groups in total. The maximum atomic E-state index is 13.7. The molecule has 0 saturated carbocycles. The van der Waals surface area contributed by atoms with Crippen LogP contribution >= 0.6 is 0 Å². The Morgan fingerprint density at radius 3 is 2.58 bits per heavy atom. The van der Waals surface area contributed by atoms with Crippen molar-refractivity contribution in [3.8, 4) is 0 Å². The van der Waals surface area contributed by atoms with Crippen molar-refractivity contribution < 1.29 is 4.39 Å². The minimum absolute atomic E-state index is 0.184. The number of aromatic nitrogens is 2. The van der Waals surface area contributed by atoms with Crippen molar-refractivity contribution in [2.75, 3.05) is 17.2 Å². The zero-order valence-corrected chi connectivity index (χ0v) is 15.3. The normalized spacial score (nSPS) is 10.6. The molecule has 0 saturated heterocycles. The summed E-state index contributed by atoms with van der Waals surface area (Å²) < 4.78 is 13.7. The molecule has 0 aliphatic heterocycles. The van der Waals surface area contributed by atoms with Gasteiger partial charge in [-0.05, 0) is 56.0 Å². The lowest BCUT2D eigenvalue weighted by molar-refractivity contribution is 0.610. The molecule has 2 aromatic carbocycles.